The fourth-order valence-corrected chi connectivity index (χ4v) is 1.21. The lowest BCUT2D eigenvalue weighted by molar-refractivity contribution is 0.176. The van der Waals surface area contributed by atoms with Crippen LogP contribution in [0.15, 0.2) is 18.3 Å². The summed E-state index contributed by atoms with van der Waals surface area (Å²) in [6.45, 7) is 6.25. The number of methoxy groups -OCH3 is 1. The van der Waals surface area contributed by atoms with Crippen LogP contribution in [-0.2, 0) is 11.3 Å². The maximum Gasteiger partial charge on any atom is 0.0884 e. The van der Waals surface area contributed by atoms with Gasteiger partial charge in [0, 0.05) is 13.3 Å². The SMILES string of the molecule is COCc1cc(N(O)C(C)(C)C)ccn1. The van der Waals surface area contributed by atoms with E-state index in [1.165, 1.54) is 5.06 Å². The molecule has 0 saturated carbocycles. The van der Waals surface area contributed by atoms with Gasteiger partial charge in [0.25, 0.3) is 0 Å². The van der Waals surface area contributed by atoms with E-state index in [0.717, 1.165) is 11.4 Å². The van der Waals surface area contributed by atoms with Crippen molar-refractivity contribution in [2.24, 2.45) is 0 Å². The molecule has 1 N–H and O–H groups in total. The minimum absolute atomic E-state index is 0.328. The highest BCUT2D eigenvalue weighted by atomic mass is 16.5. The molecule has 15 heavy (non-hydrogen) atoms. The molecule has 0 atom stereocenters. The first-order chi connectivity index (χ1) is 6.95. The van der Waals surface area contributed by atoms with Crippen molar-refractivity contribution in [1.29, 1.82) is 0 Å². The van der Waals surface area contributed by atoms with Crippen molar-refractivity contribution in [2.75, 3.05) is 12.2 Å². The van der Waals surface area contributed by atoms with Crippen molar-refractivity contribution < 1.29 is 9.94 Å². The number of nitrogens with zero attached hydrogens (tertiary/aromatic N) is 2. The topological polar surface area (TPSA) is 45.6 Å². The van der Waals surface area contributed by atoms with Crippen LogP contribution in [0.3, 0.4) is 0 Å². The minimum atomic E-state index is -0.328. The van der Waals surface area contributed by atoms with Crippen LogP contribution >= 0.6 is 0 Å². The second kappa shape index (κ2) is 4.59. The van der Waals surface area contributed by atoms with E-state index in [-0.39, 0.29) is 5.54 Å². The molecule has 0 aliphatic rings. The van der Waals surface area contributed by atoms with E-state index >= 15 is 0 Å². The van der Waals surface area contributed by atoms with Crippen LogP contribution in [0.1, 0.15) is 26.5 Å². The zero-order valence-corrected chi connectivity index (χ0v) is 9.69. The van der Waals surface area contributed by atoms with Gasteiger partial charge in [-0.15, -0.1) is 0 Å². The molecular formula is C11H18N2O2. The largest absolute Gasteiger partial charge is 0.378 e. The second-order valence-electron chi connectivity index (χ2n) is 4.42. The summed E-state index contributed by atoms with van der Waals surface area (Å²) >= 11 is 0. The van der Waals surface area contributed by atoms with Crippen molar-refractivity contribution in [3.63, 3.8) is 0 Å². The number of rotatable bonds is 3. The average Bonchev–Trinajstić information content (AvgIpc) is 2.16. The molecule has 0 aliphatic heterocycles. The Labute approximate surface area is 90.5 Å². The Morgan fingerprint density at radius 2 is 2.13 bits per heavy atom. The lowest BCUT2D eigenvalue weighted by Crippen LogP contribution is -2.38. The normalized spacial score (nSPS) is 11.5. The molecule has 1 rings (SSSR count). The first-order valence-electron chi connectivity index (χ1n) is 4.88. The lowest BCUT2D eigenvalue weighted by atomic mass is 10.1. The Hall–Kier alpha value is -1.13. The standard InChI is InChI=1S/C11H18N2O2/c1-11(2,3)13(14)10-5-6-12-9(7-10)8-15-4/h5-7,14H,8H2,1-4H3. The summed E-state index contributed by atoms with van der Waals surface area (Å²) < 4.78 is 4.99. The highest BCUT2D eigenvalue weighted by molar-refractivity contribution is 5.45. The van der Waals surface area contributed by atoms with E-state index in [9.17, 15) is 5.21 Å². The first kappa shape index (κ1) is 11.9. The number of hydrogen-bond donors (Lipinski definition) is 1. The lowest BCUT2D eigenvalue weighted by Gasteiger charge is -2.31. The highest BCUT2D eigenvalue weighted by Gasteiger charge is 2.20. The van der Waals surface area contributed by atoms with E-state index in [1.807, 2.05) is 26.8 Å². The predicted molar refractivity (Wildman–Crippen MR) is 59.0 cm³/mol. The van der Waals surface area contributed by atoms with Gasteiger partial charge in [0.1, 0.15) is 0 Å². The van der Waals surface area contributed by atoms with Crippen LogP contribution in [-0.4, -0.2) is 22.8 Å². The summed E-state index contributed by atoms with van der Waals surface area (Å²) in [5.74, 6) is 0. The summed E-state index contributed by atoms with van der Waals surface area (Å²) in [6.07, 6.45) is 1.67. The number of hydrogen-bond acceptors (Lipinski definition) is 4. The molecule has 1 heterocycles. The van der Waals surface area contributed by atoms with Crippen molar-refractivity contribution in [3.05, 3.63) is 24.0 Å². The zero-order chi connectivity index (χ0) is 11.5. The molecule has 0 aliphatic carbocycles. The minimum Gasteiger partial charge on any atom is -0.378 e. The van der Waals surface area contributed by atoms with Crippen LogP contribution in [0, 0.1) is 0 Å². The van der Waals surface area contributed by atoms with Gasteiger partial charge < -0.3 is 4.74 Å². The van der Waals surface area contributed by atoms with Crippen molar-refractivity contribution in [1.82, 2.24) is 4.98 Å². The van der Waals surface area contributed by atoms with Crippen LogP contribution in [0.2, 0.25) is 0 Å². The van der Waals surface area contributed by atoms with E-state index in [1.54, 1.807) is 19.4 Å². The van der Waals surface area contributed by atoms with Crippen LogP contribution in [0.5, 0.6) is 0 Å². The number of aromatic nitrogens is 1. The van der Waals surface area contributed by atoms with Crippen LogP contribution in [0.4, 0.5) is 5.69 Å². The molecule has 0 unspecified atom stereocenters. The van der Waals surface area contributed by atoms with Gasteiger partial charge in [-0.1, -0.05) is 0 Å². The summed E-state index contributed by atoms with van der Waals surface area (Å²) in [5, 5.41) is 11.1. The molecule has 84 valence electrons. The molecule has 0 fully saturated rings. The van der Waals surface area contributed by atoms with Gasteiger partial charge in [-0.05, 0) is 32.9 Å². The summed E-state index contributed by atoms with van der Waals surface area (Å²) in [5.41, 5.74) is 1.20. The van der Waals surface area contributed by atoms with Gasteiger partial charge in [0.15, 0.2) is 0 Å². The Morgan fingerprint density at radius 3 is 2.67 bits per heavy atom. The Morgan fingerprint density at radius 1 is 1.47 bits per heavy atom. The van der Waals surface area contributed by atoms with Crippen LogP contribution in [0.25, 0.3) is 0 Å². The Bertz CT molecular complexity index is 321. The molecular weight excluding hydrogens is 192 g/mol. The second-order valence-corrected chi connectivity index (χ2v) is 4.42. The number of anilines is 1. The molecule has 4 nitrogen and oxygen atoms in total. The number of pyridine rings is 1. The molecule has 1 aromatic heterocycles. The molecule has 1 aromatic rings. The monoisotopic (exact) mass is 210 g/mol. The third-order valence-corrected chi connectivity index (χ3v) is 1.97. The fourth-order valence-electron chi connectivity index (χ4n) is 1.21. The summed E-state index contributed by atoms with van der Waals surface area (Å²) in [6, 6.07) is 3.58. The van der Waals surface area contributed by atoms with Gasteiger partial charge in [0.2, 0.25) is 0 Å². The molecule has 4 heteroatoms. The first-order valence-corrected chi connectivity index (χ1v) is 4.88. The molecule has 0 saturated heterocycles. The third-order valence-electron chi connectivity index (χ3n) is 1.97. The van der Waals surface area contributed by atoms with Gasteiger partial charge in [-0.25, -0.2) is 0 Å². The van der Waals surface area contributed by atoms with Crippen molar-refractivity contribution in [3.8, 4) is 0 Å². The quantitative estimate of drug-likeness (QED) is 0.777. The maximum atomic E-state index is 9.91. The predicted octanol–water partition coefficient (Wildman–Crippen LogP) is 2.22. The van der Waals surface area contributed by atoms with Gasteiger partial charge in [-0.3, -0.25) is 15.3 Å². The fraction of sp³-hybridized carbons (Fsp3) is 0.545. The zero-order valence-electron chi connectivity index (χ0n) is 9.69. The van der Waals surface area contributed by atoms with Gasteiger partial charge >= 0.3 is 0 Å². The van der Waals surface area contributed by atoms with E-state index in [4.69, 9.17) is 4.74 Å². The highest BCUT2D eigenvalue weighted by Crippen LogP contribution is 2.21. The van der Waals surface area contributed by atoms with Crippen molar-refractivity contribution in [2.45, 2.75) is 32.9 Å². The van der Waals surface area contributed by atoms with Crippen molar-refractivity contribution >= 4 is 5.69 Å². The third kappa shape index (κ3) is 3.18. The Kier molecular flexibility index (Phi) is 3.66. The average molecular weight is 210 g/mol. The van der Waals surface area contributed by atoms with E-state index in [2.05, 4.69) is 4.98 Å². The van der Waals surface area contributed by atoms with Gasteiger partial charge in [0.05, 0.1) is 23.5 Å². The Balaban J connectivity index is 2.90. The summed E-state index contributed by atoms with van der Waals surface area (Å²) in [4.78, 5) is 4.13. The molecule has 0 aromatic carbocycles. The molecule has 0 amide bonds. The summed E-state index contributed by atoms with van der Waals surface area (Å²) in [7, 11) is 1.62. The number of hydroxylamine groups is 1. The number of ether oxygens (including phenoxy) is 1. The van der Waals surface area contributed by atoms with Gasteiger partial charge in [-0.2, -0.15) is 0 Å². The molecule has 0 spiro atoms. The van der Waals surface area contributed by atoms with E-state index < -0.39 is 0 Å². The molecule has 0 radical (unpaired) electrons. The smallest absolute Gasteiger partial charge is 0.0884 e. The molecule has 0 bridgehead atoms. The van der Waals surface area contributed by atoms with Crippen LogP contribution < -0.4 is 5.06 Å². The maximum absolute atomic E-state index is 9.91. The van der Waals surface area contributed by atoms with E-state index in [0.29, 0.717) is 6.61 Å².